The first kappa shape index (κ1) is 12.6. The third kappa shape index (κ3) is 3.07. The monoisotopic (exact) mass is 237 g/mol. The highest BCUT2D eigenvalue weighted by atomic mass is 16.3. The van der Waals surface area contributed by atoms with Crippen molar-refractivity contribution in [3.8, 4) is 0 Å². The highest BCUT2D eigenvalue weighted by Gasteiger charge is 2.26. The van der Waals surface area contributed by atoms with Gasteiger partial charge in [0, 0.05) is 31.9 Å². The molecule has 96 valence electrons. The lowest BCUT2D eigenvalue weighted by Gasteiger charge is -2.22. The van der Waals surface area contributed by atoms with Crippen molar-refractivity contribution in [1.82, 2.24) is 14.7 Å². The zero-order chi connectivity index (χ0) is 12.4. The minimum Gasteiger partial charge on any atom is -0.393 e. The van der Waals surface area contributed by atoms with Crippen LogP contribution in [0.1, 0.15) is 30.5 Å². The topological polar surface area (TPSA) is 41.3 Å². The summed E-state index contributed by atoms with van der Waals surface area (Å²) in [6.45, 7) is 3.95. The molecule has 17 heavy (non-hydrogen) atoms. The summed E-state index contributed by atoms with van der Waals surface area (Å²) in [5.74, 6) is 0.456. The van der Waals surface area contributed by atoms with Crippen LogP contribution in [0.3, 0.4) is 0 Å². The third-order valence-corrected chi connectivity index (χ3v) is 3.72. The fourth-order valence-electron chi connectivity index (χ4n) is 2.79. The molecule has 1 N–H and O–H groups in total. The Balaban J connectivity index is 1.88. The van der Waals surface area contributed by atoms with Crippen molar-refractivity contribution in [2.75, 3.05) is 13.6 Å². The minimum absolute atomic E-state index is 0.0903. The predicted octanol–water partition coefficient (Wildman–Crippen LogP) is 1.32. The van der Waals surface area contributed by atoms with Gasteiger partial charge in [-0.25, -0.2) is 0 Å². The second kappa shape index (κ2) is 5.19. The van der Waals surface area contributed by atoms with Gasteiger partial charge in [-0.2, -0.15) is 5.10 Å². The number of hydrogen-bond donors (Lipinski definition) is 1. The summed E-state index contributed by atoms with van der Waals surface area (Å²) >= 11 is 0. The molecule has 1 aromatic rings. The molecule has 1 aliphatic carbocycles. The Hall–Kier alpha value is -0.870. The molecule has 0 radical (unpaired) electrons. The zero-order valence-corrected chi connectivity index (χ0v) is 11.1. The molecule has 2 rings (SSSR count). The van der Waals surface area contributed by atoms with Crippen LogP contribution < -0.4 is 0 Å². The summed E-state index contributed by atoms with van der Waals surface area (Å²) in [7, 11) is 4.08. The van der Waals surface area contributed by atoms with Crippen molar-refractivity contribution in [3.63, 3.8) is 0 Å². The number of aryl methyl sites for hydroxylation is 2. The van der Waals surface area contributed by atoms with Gasteiger partial charge >= 0.3 is 0 Å². The van der Waals surface area contributed by atoms with Crippen LogP contribution in [0.2, 0.25) is 0 Å². The highest BCUT2D eigenvalue weighted by Crippen LogP contribution is 2.26. The Morgan fingerprint density at radius 1 is 1.53 bits per heavy atom. The van der Waals surface area contributed by atoms with Gasteiger partial charge < -0.3 is 10.0 Å². The van der Waals surface area contributed by atoms with E-state index in [2.05, 4.69) is 23.2 Å². The van der Waals surface area contributed by atoms with Gasteiger partial charge in [-0.15, -0.1) is 0 Å². The van der Waals surface area contributed by atoms with Crippen LogP contribution in [0.4, 0.5) is 0 Å². The van der Waals surface area contributed by atoms with Gasteiger partial charge in [0.1, 0.15) is 0 Å². The second-order valence-corrected chi connectivity index (χ2v) is 5.37. The Morgan fingerprint density at radius 3 is 2.82 bits per heavy atom. The molecule has 1 saturated carbocycles. The van der Waals surface area contributed by atoms with Crippen molar-refractivity contribution in [1.29, 1.82) is 0 Å². The molecule has 0 spiro atoms. The highest BCUT2D eigenvalue weighted by molar-refractivity contribution is 5.14. The molecule has 1 aromatic heterocycles. The maximum absolute atomic E-state index is 9.82. The third-order valence-electron chi connectivity index (χ3n) is 3.72. The van der Waals surface area contributed by atoms with E-state index in [0.29, 0.717) is 5.92 Å². The molecule has 0 aromatic carbocycles. The molecule has 0 saturated heterocycles. The van der Waals surface area contributed by atoms with Crippen LogP contribution in [-0.4, -0.2) is 39.5 Å². The molecular weight excluding hydrogens is 214 g/mol. The number of aromatic nitrogens is 2. The van der Waals surface area contributed by atoms with Gasteiger partial charge in [0.25, 0.3) is 0 Å². The fraction of sp³-hybridized carbons (Fsp3) is 0.769. The van der Waals surface area contributed by atoms with Crippen molar-refractivity contribution in [2.24, 2.45) is 13.0 Å². The lowest BCUT2D eigenvalue weighted by molar-refractivity contribution is 0.108. The van der Waals surface area contributed by atoms with E-state index in [-0.39, 0.29) is 6.10 Å². The molecule has 2 unspecified atom stereocenters. The molecule has 0 amide bonds. The van der Waals surface area contributed by atoms with Gasteiger partial charge in [-0.3, -0.25) is 4.68 Å². The second-order valence-electron chi connectivity index (χ2n) is 5.37. The van der Waals surface area contributed by atoms with Crippen molar-refractivity contribution in [2.45, 2.75) is 38.8 Å². The molecule has 4 heteroatoms. The number of rotatable bonds is 4. The van der Waals surface area contributed by atoms with Crippen molar-refractivity contribution >= 4 is 0 Å². The lowest BCUT2D eigenvalue weighted by atomic mass is 10.1. The molecule has 0 bridgehead atoms. The first-order chi connectivity index (χ1) is 8.06. The number of hydrogen-bond acceptors (Lipinski definition) is 3. The minimum atomic E-state index is -0.0903. The van der Waals surface area contributed by atoms with E-state index >= 15 is 0 Å². The van der Waals surface area contributed by atoms with E-state index in [1.165, 1.54) is 12.0 Å². The molecule has 1 aliphatic rings. The van der Waals surface area contributed by atoms with Gasteiger partial charge in [0.05, 0.1) is 11.8 Å². The fourth-order valence-corrected chi connectivity index (χ4v) is 2.79. The lowest BCUT2D eigenvalue weighted by Crippen LogP contribution is -2.29. The van der Waals surface area contributed by atoms with Crippen LogP contribution in [0.25, 0.3) is 0 Å². The van der Waals surface area contributed by atoms with Gasteiger partial charge in [0.2, 0.25) is 0 Å². The summed E-state index contributed by atoms with van der Waals surface area (Å²) in [6.07, 6.45) is 5.30. The molecule has 0 aliphatic heterocycles. The van der Waals surface area contributed by atoms with E-state index < -0.39 is 0 Å². The van der Waals surface area contributed by atoms with E-state index in [1.807, 2.05) is 18.7 Å². The maximum Gasteiger partial charge on any atom is 0.0638 e. The van der Waals surface area contributed by atoms with Gasteiger partial charge in [0.15, 0.2) is 0 Å². The van der Waals surface area contributed by atoms with E-state index in [0.717, 1.165) is 31.6 Å². The summed E-state index contributed by atoms with van der Waals surface area (Å²) in [5.41, 5.74) is 2.38. The maximum atomic E-state index is 9.82. The SMILES string of the molecule is Cc1nn(C)cc1CN(C)CC1CCCC1O. The Labute approximate surface area is 103 Å². The van der Waals surface area contributed by atoms with Crippen molar-refractivity contribution in [3.05, 3.63) is 17.5 Å². The van der Waals surface area contributed by atoms with Crippen LogP contribution in [-0.2, 0) is 13.6 Å². The summed E-state index contributed by atoms with van der Waals surface area (Å²) in [5, 5.41) is 14.2. The van der Waals surface area contributed by atoms with Crippen molar-refractivity contribution < 1.29 is 5.11 Å². The molecule has 1 heterocycles. The van der Waals surface area contributed by atoms with Crippen LogP contribution in [0.15, 0.2) is 6.20 Å². The first-order valence-electron chi connectivity index (χ1n) is 6.42. The number of aliphatic hydroxyl groups excluding tert-OH is 1. The molecule has 4 nitrogen and oxygen atoms in total. The average molecular weight is 237 g/mol. The smallest absolute Gasteiger partial charge is 0.0638 e. The summed E-state index contributed by atoms with van der Waals surface area (Å²) < 4.78 is 1.86. The quantitative estimate of drug-likeness (QED) is 0.858. The summed E-state index contributed by atoms with van der Waals surface area (Å²) in [6, 6.07) is 0. The average Bonchev–Trinajstić information content (AvgIpc) is 2.75. The molecule has 1 fully saturated rings. The summed E-state index contributed by atoms with van der Waals surface area (Å²) in [4.78, 5) is 2.29. The molecule has 2 atom stereocenters. The standard InChI is InChI=1S/C13H23N3O/c1-10-12(9-16(3)14-10)8-15(2)7-11-5-4-6-13(11)17/h9,11,13,17H,4-8H2,1-3H3. The van der Waals surface area contributed by atoms with Crippen LogP contribution >= 0.6 is 0 Å². The van der Waals surface area contributed by atoms with Crippen LogP contribution in [0, 0.1) is 12.8 Å². The van der Waals surface area contributed by atoms with Gasteiger partial charge in [-0.1, -0.05) is 6.42 Å². The van der Waals surface area contributed by atoms with E-state index in [9.17, 15) is 5.11 Å². The Morgan fingerprint density at radius 2 is 2.29 bits per heavy atom. The first-order valence-corrected chi connectivity index (χ1v) is 6.42. The number of aliphatic hydroxyl groups is 1. The number of nitrogens with zero attached hydrogens (tertiary/aromatic N) is 3. The van der Waals surface area contributed by atoms with Gasteiger partial charge in [-0.05, 0) is 32.7 Å². The molecular formula is C13H23N3O. The Bertz CT molecular complexity index is 375. The normalized spacial score (nSPS) is 24.8. The predicted molar refractivity (Wildman–Crippen MR) is 67.6 cm³/mol. The zero-order valence-electron chi connectivity index (χ0n) is 11.1. The Kier molecular flexibility index (Phi) is 3.84. The largest absolute Gasteiger partial charge is 0.393 e. The van der Waals surface area contributed by atoms with E-state index in [4.69, 9.17) is 0 Å². The van der Waals surface area contributed by atoms with Crippen LogP contribution in [0.5, 0.6) is 0 Å². The van der Waals surface area contributed by atoms with E-state index in [1.54, 1.807) is 0 Å².